The summed E-state index contributed by atoms with van der Waals surface area (Å²) in [4.78, 5) is 8.75. The van der Waals surface area contributed by atoms with Gasteiger partial charge in [0.15, 0.2) is 17.6 Å². The van der Waals surface area contributed by atoms with Gasteiger partial charge in [0.25, 0.3) is 0 Å². The summed E-state index contributed by atoms with van der Waals surface area (Å²) in [6, 6.07) is 11.5. The SMILES string of the molecule is COc1ccn2c(Cc3cc(OC)c4c(c3)OCC(c3ccc(OC)nc3)O4)cnc2c1. The molecular weight excluding hydrogens is 410 g/mol. The average molecular weight is 433 g/mol. The van der Waals surface area contributed by atoms with E-state index in [9.17, 15) is 0 Å². The van der Waals surface area contributed by atoms with E-state index in [1.807, 2.05) is 47.1 Å². The van der Waals surface area contributed by atoms with E-state index in [4.69, 9.17) is 23.7 Å². The summed E-state index contributed by atoms with van der Waals surface area (Å²) in [5.41, 5.74) is 3.82. The number of ether oxygens (including phenoxy) is 5. The molecule has 5 rings (SSSR count). The molecule has 0 saturated carbocycles. The first-order valence-corrected chi connectivity index (χ1v) is 10.2. The first-order valence-electron chi connectivity index (χ1n) is 10.2. The highest BCUT2D eigenvalue weighted by Crippen LogP contribution is 2.44. The molecule has 4 aromatic rings. The number of aromatic nitrogens is 3. The van der Waals surface area contributed by atoms with Crippen LogP contribution in [0, 0.1) is 0 Å². The van der Waals surface area contributed by atoms with Crippen LogP contribution in [0.15, 0.2) is 55.0 Å². The van der Waals surface area contributed by atoms with Gasteiger partial charge in [-0.05, 0) is 29.8 Å². The van der Waals surface area contributed by atoms with Crippen molar-refractivity contribution >= 4 is 5.65 Å². The molecule has 1 atom stereocenters. The van der Waals surface area contributed by atoms with Crippen molar-refractivity contribution in [2.45, 2.75) is 12.5 Å². The van der Waals surface area contributed by atoms with Crippen molar-refractivity contribution in [1.82, 2.24) is 14.4 Å². The van der Waals surface area contributed by atoms with Crippen LogP contribution in [0.2, 0.25) is 0 Å². The van der Waals surface area contributed by atoms with Gasteiger partial charge in [0.2, 0.25) is 11.6 Å². The molecular formula is C24H23N3O5. The van der Waals surface area contributed by atoms with Crippen LogP contribution in [-0.4, -0.2) is 42.3 Å². The summed E-state index contributed by atoms with van der Waals surface area (Å²) in [5.74, 6) is 3.20. The topological polar surface area (TPSA) is 76.3 Å². The van der Waals surface area contributed by atoms with Crippen molar-refractivity contribution in [3.8, 4) is 28.9 Å². The first kappa shape index (κ1) is 20.0. The smallest absolute Gasteiger partial charge is 0.212 e. The molecule has 0 saturated heterocycles. The molecule has 3 aromatic heterocycles. The normalized spacial score (nSPS) is 14.9. The molecule has 8 heteroatoms. The minimum Gasteiger partial charge on any atom is -0.497 e. The summed E-state index contributed by atoms with van der Waals surface area (Å²) in [5, 5.41) is 0. The van der Waals surface area contributed by atoms with Gasteiger partial charge < -0.3 is 28.1 Å². The summed E-state index contributed by atoms with van der Waals surface area (Å²) < 4.78 is 30.4. The van der Waals surface area contributed by atoms with Crippen molar-refractivity contribution in [3.63, 3.8) is 0 Å². The third-order valence-corrected chi connectivity index (χ3v) is 5.47. The Kier molecular flexibility index (Phi) is 5.18. The van der Waals surface area contributed by atoms with Crippen LogP contribution in [0.4, 0.5) is 0 Å². The number of hydrogen-bond acceptors (Lipinski definition) is 7. The largest absolute Gasteiger partial charge is 0.497 e. The maximum Gasteiger partial charge on any atom is 0.212 e. The predicted octanol–water partition coefficient (Wildman–Crippen LogP) is 3.86. The van der Waals surface area contributed by atoms with E-state index in [2.05, 4.69) is 9.97 Å². The van der Waals surface area contributed by atoms with Crippen molar-refractivity contribution in [3.05, 3.63) is 71.8 Å². The van der Waals surface area contributed by atoms with Crippen LogP contribution in [0.3, 0.4) is 0 Å². The molecule has 0 aliphatic carbocycles. The fourth-order valence-corrected chi connectivity index (χ4v) is 3.80. The van der Waals surface area contributed by atoms with Crippen LogP contribution in [0.5, 0.6) is 28.9 Å². The van der Waals surface area contributed by atoms with Gasteiger partial charge in [-0.3, -0.25) is 0 Å². The number of imidazole rings is 1. The van der Waals surface area contributed by atoms with Gasteiger partial charge in [0.1, 0.15) is 18.0 Å². The van der Waals surface area contributed by atoms with Crippen molar-refractivity contribution in [2.24, 2.45) is 0 Å². The van der Waals surface area contributed by atoms with Crippen LogP contribution in [0.25, 0.3) is 5.65 Å². The van der Waals surface area contributed by atoms with Crippen molar-refractivity contribution in [1.29, 1.82) is 0 Å². The second kappa shape index (κ2) is 8.30. The number of pyridine rings is 2. The maximum atomic E-state index is 6.24. The van der Waals surface area contributed by atoms with E-state index in [-0.39, 0.29) is 6.10 Å². The molecule has 0 bridgehead atoms. The Balaban J connectivity index is 1.41. The van der Waals surface area contributed by atoms with Gasteiger partial charge in [0.05, 0.1) is 21.3 Å². The number of benzene rings is 1. The third kappa shape index (κ3) is 3.64. The average Bonchev–Trinajstić information content (AvgIpc) is 3.25. The molecule has 1 aliphatic heterocycles. The van der Waals surface area contributed by atoms with Crippen molar-refractivity contribution < 1.29 is 23.7 Å². The standard InChI is InChI=1S/C24H23N3O5/c1-28-18-6-7-27-17(13-25-22(27)11-18)8-15-9-19(29-2)24-20(10-15)31-14-21(32-24)16-4-5-23(30-3)26-12-16/h4-7,9-13,21H,8,14H2,1-3H3. The monoisotopic (exact) mass is 433 g/mol. The quantitative estimate of drug-likeness (QED) is 0.457. The van der Waals surface area contributed by atoms with E-state index in [0.717, 1.165) is 28.2 Å². The molecule has 1 unspecified atom stereocenters. The zero-order valence-electron chi connectivity index (χ0n) is 18.1. The molecule has 0 radical (unpaired) electrons. The highest BCUT2D eigenvalue weighted by molar-refractivity contribution is 5.56. The van der Waals surface area contributed by atoms with E-state index in [0.29, 0.717) is 36.2 Å². The summed E-state index contributed by atoms with van der Waals surface area (Å²) in [6.07, 6.45) is 5.93. The van der Waals surface area contributed by atoms with Gasteiger partial charge in [-0.2, -0.15) is 0 Å². The van der Waals surface area contributed by atoms with E-state index in [1.54, 1.807) is 33.6 Å². The van der Waals surface area contributed by atoms with Gasteiger partial charge in [-0.15, -0.1) is 0 Å². The Morgan fingerprint density at radius 3 is 2.66 bits per heavy atom. The second-order valence-electron chi connectivity index (χ2n) is 7.40. The second-order valence-corrected chi connectivity index (χ2v) is 7.40. The van der Waals surface area contributed by atoms with Gasteiger partial charge in [0, 0.05) is 48.4 Å². The van der Waals surface area contributed by atoms with E-state index in [1.165, 1.54) is 0 Å². The van der Waals surface area contributed by atoms with E-state index < -0.39 is 0 Å². The lowest BCUT2D eigenvalue weighted by Gasteiger charge is -2.28. The van der Waals surface area contributed by atoms with Crippen LogP contribution in [-0.2, 0) is 6.42 Å². The number of rotatable bonds is 6. The summed E-state index contributed by atoms with van der Waals surface area (Å²) in [6.45, 7) is 0.378. The zero-order valence-corrected chi connectivity index (χ0v) is 18.1. The maximum absolute atomic E-state index is 6.24. The van der Waals surface area contributed by atoms with Crippen LogP contribution in [0.1, 0.15) is 22.9 Å². The molecule has 0 N–H and O–H groups in total. The lowest BCUT2D eigenvalue weighted by Crippen LogP contribution is -2.22. The fourth-order valence-electron chi connectivity index (χ4n) is 3.80. The minimum absolute atomic E-state index is 0.283. The zero-order chi connectivity index (χ0) is 22.1. The molecule has 0 fully saturated rings. The first-order chi connectivity index (χ1) is 15.7. The predicted molar refractivity (Wildman–Crippen MR) is 117 cm³/mol. The molecule has 1 aliphatic rings. The highest BCUT2D eigenvalue weighted by atomic mass is 16.6. The van der Waals surface area contributed by atoms with Gasteiger partial charge in [-0.1, -0.05) is 0 Å². The highest BCUT2D eigenvalue weighted by Gasteiger charge is 2.27. The molecule has 32 heavy (non-hydrogen) atoms. The lowest BCUT2D eigenvalue weighted by molar-refractivity contribution is 0.0867. The van der Waals surface area contributed by atoms with Gasteiger partial charge >= 0.3 is 0 Å². The fraction of sp³-hybridized carbons (Fsp3) is 0.250. The molecule has 0 spiro atoms. The Morgan fingerprint density at radius 1 is 1.00 bits per heavy atom. The Bertz CT molecular complexity index is 1240. The number of hydrogen-bond donors (Lipinski definition) is 0. The van der Waals surface area contributed by atoms with Crippen LogP contribution < -0.4 is 23.7 Å². The molecule has 4 heterocycles. The minimum atomic E-state index is -0.283. The third-order valence-electron chi connectivity index (χ3n) is 5.47. The Labute approximate surface area is 185 Å². The van der Waals surface area contributed by atoms with Crippen LogP contribution >= 0.6 is 0 Å². The summed E-state index contributed by atoms with van der Waals surface area (Å²) in [7, 11) is 4.86. The number of methoxy groups -OCH3 is 3. The Hall–Kier alpha value is -3.94. The number of fused-ring (bicyclic) bond motifs is 2. The molecule has 0 amide bonds. The van der Waals surface area contributed by atoms with Crippen molar-refractivity contribution in [2.75, 3.05) is 27.9 Å². The Morgan fingerprint density at radius 2 is 1.91 bits per heavy atom. The van der Waals surface area contributed by atoms with Gasteiger partial charge in [-0.25, -0.2) is 9.97 Å². The lowest BCUT2D eigenvalue weighted by atomic mass is 10.1. The van der Waals surface area contributed by atoms with E-state index >= 15 is 0 Å². The molecule has 1 aromatic carbocycles. The summed E-state index contributed by atoms with van der Waals surface area (Å²) >= 11 is 0. The molecule has 164 valence electrons. The number of nitrogens with zero attached hydrogens (tertiary/aromatic N) is 3. The molecule has 8 nitrogen and oxygen atoms in total.